The molecule has 0 saturated heterocycles. The Labute approximate surface area is 75.6 Å². The predicted molar refractivity (Wildman–Crippen MR) is 46.1 cm³/mol. The molecule has 1 atom stereocenters. The van der Waals surface area contributed by atoms with Crippen molar-refractivity contribution < 1.29 is 13.9 Å². The molecule has 1 unspecified atom stereocenters. The van der Waals surface area contributed by atoms with Crippen molar-refractivity contribution in [1.82, 2.24) is 0 Å². The molecular formula is C10H10O3. The maximum absolute atomic E-state index is 9.68. The van der Waals surface area contributed by atoms with Crippen molar-refractivity contribution in [1.29, 1.82) is 0 Å². The van der Waals surface area contributed by atoms with E-state index in [2.05, 4.69) is 0 Å². The van der Waals surface area contributed by atoms with Gasteiger partial charge in [-0.2, -0.15) is 0 Å². The molecule has 0 amide bonds. The minimum Gasteiger partial charge on any atom is -0.472 e. The molecule has 1 N–H and O–H groups in total. The molecule has 68 valence electrons. The molecule has 0 aliphatic rings. The van der Waals surface area contributed by atoms with Gasteiger partial charge in [0, 0.05) is 12.0 Å². The minimum absolute atomic E-state index is 0.517. The van der Waals surface area contributed by atoms with Gasteiger partial charge in [0.15, 0.2) is 0 Å². The molecule has 3 heteroatoms. The van der Waals surface area contributed by atoms with E-state index in [9.17, 15) is 5.11 Å². The maximum atomic E-state index is 9.68. The van der Waals surface area contributed by atoms with Gasteiger partial charge in [-0.15, -0.1) is 0 Å². The highest BCUT2D eigenvalue weighted by molar-refractivity contribution is 5.15. The van der Waals surface area contributed by atoms with Gasteiger partial charge >= 0.3 is 0 Å². The summed E-state index contributed by atoms with van der Waals surface area (Å²) in [6.07, 6.45) is 6.35. The Morgan fingerprint density at radius 1 is 1.15 bits per heavy atom. The fourth-order valence-corrected chi connectivity index (χ4v) is 1.21. The molecule has 2 heterocycles. The van der Waals surface area contributed by atoms with Crippen LogP contribution < -0.4 is 0 Å². The average Bonchev–Trinajstić information content (AvgIpc) is 2.74. The molecule has 13 heavy (non-hydrogen) atoms. The zero-order valence-corrected chi connectivity index (χ0v) is 7.01. The quantitative estimate of drug-likeness (QED) is 0.783. The summed E-state index contributed by atoms with van der Waals surface area (Å²) in [7, 11) is 0. The van der Waals surface area contributed by atoms with Crippen LogP contribution >= 0.6 is 0 Å². The van der Waals surface area contributed by atoms with Crippen LogP contribution in [0, 0.1) is 0 Å². The van der Waals surface area contributed by atoms with Crippen LogP contribution in [0.4, 0.5) is 0 Å². The van der Waals surface area contributed by atoms with Gasteiger partial charge in [0.05, 0.1) is 31.2 Å². The molecule has 0 aliphatic carbocycles. The lowest BCUT2D eigenvalue weighted by Gasteiger charge is -2.04. The van der Waals surface area contributed by atoms with Crippen LogP contribution in [0.1, 0.15) is 17.2 Å². The van der Waals surface area contributed by atoms with E-state index in [4.69, 9.17) is 8.83 Å². The molecule has 0 aromatic carbocycles. The summed E-state index contributed by atoms with van der Waals surface area (Å²) >= 11 is 0. The van der Waals surface area contributed by atoms with Crippen LogP contribution in [0.15, 0.2) is 46.0 Å². The summed E-state index contributed by atoms with van der Waals surface area (Å²) in [6, 6.07) is 3.59. The first-order valence-electron chi connectivity index (χ1n) is 4.07. The van der Waals surface area contributed by atoms with E-state index in [0.717, 1.165) is 11.1 Å². The topological polar surface area (TPSA) is 46.5 Å². The standard InChI is InChI=1S/C10H10O3/c11-10(9-2-4-13-7-9)5-8-1-3-12-6-8/h1-4,6-7,10-11H,5H2. The lowest BCUT2D eigenvalue weighted by molar-refractivity contribution is 0.177. The second-order valence-electron chi connectivity index (χ2n) is 2.91. The highest BCUT2D eigenvalue weighted by Crippen LogP contribution is 2.18. The van der Waals surface area contributed by atoms with Gasteiger partial charge in [0.1, 0.15) is 0 Å². The van der Waals surface area contributed by atoms with Crippen LogP contribution in [-0.2, 0) is 6.42 Å². The first-order chi connectivity index (χ1) is 6.36. The second-order valence-corrected chi connectivity index (χ2v) is 2.91. The molecule has 2 rings (SSSR count). The number of furan rings is 2. The molecule has 0 fully saturated rings. The fraction of sp³-hybridized carbons (Fsp3) is 0.200. The monoisotopic (exact) mass is 178 g/mol. The summed E-state index contributed by atoms with van der Waals surface area (Å²) in [5.41, 5.74) is 1.77. The van der Waals surface area contributed by atoms with Crippen molar-refractivity contribution in [2.24, 2.45) is 0 Å². The fourth-order valence-electron chi connectivity index (χ4n) is 1.21. The van der Waals surface area contributed by atoms with Crippen molar-refractivity contribution in [2.75, 3.05) is 0 Å². The van der Waals surface area contributed by atoms with E-state index < -0.39 is 6.10 Å². The number of aliphatic hydroxyl groups excluding tert-OH is 1. The molecule has 0 bridgehead atoms. The molecule has 0 radical (unpaired) electrons. The Morgan fingerprint density at radius 3 is 2.54 bits per heavy atom. The van der Waals surface area contributed by atoms with Gasteiger partial charge in [-0.1, -0.05) is 0 Å². The second kappa shape index (κ2) is 3.49. The summed E-state index contributed by atoms with van der Waals surface area (Å²) < 4.78 is 9.77. The zero-order valence-electron chi connectivity index (χ0n) is 7.01. The Hall–Kier alpha value is -1.48. The van der Waals surface area contributed by atoms with Crippen LogP contribution in [0.25, 0.3) is 0 Å². The van der Waals surface area contributed by atoms with Crippen molar-refractivity contribution in [2.45, 2.75) is 12.5 Å². The number of rotatable bonds is 3. The van der Waals surface area contributed by atoms with Gasteiger partial charge in [-0.05, 0) is 17.7 Å². The molecular weight excluding hydrogens is 168 g/mol. The van der Waals surface area contributed by atoms with Crippen molar-refractivity contribution in [3.8, 4) is 0 Å². The predicted octanol–water partition coefficient (Wildman–Crippen LogP) is 2.15. The SMILES string of the molecule is OC(Cc1ccoc1)c1ccoc1. The van der Waals surface area contributed by atoms with E-state index >= 15 is 0 Å². The lowest BCUT2D eigenvalue weighted by Crippen LogP contribution is -1.98. The van der Waals surface area contributed by atoms with Gasteiger partial charge in [0.25, 0.3) is 0 Å². The first kappa shape index (κ1) is 8.13. The van der Waals surface area contributed by atoms with Gasteiger partial charge < -0.3 is 13.9 Å². The largest absolute Gasteiger partial charge is 0.472 e. The van der Waals surface area contributed by atoms with Crippen LogP contribution in [0.5, 0.6) is 0 Å². The number of aliphatic hydroxyl groups is 1. The lowest BCUT2D eigenvalue weighted by atomic mass is 10.1. The summed E-state index contributed by atoms with van der Waals surface area (Å²) in [5, 5.41) is 9.68. The van der Waals surface area contributed by atoms with Gasteiger partial charge in [-0.25, -0.2) is 0 Å². The minimum atomic E-state index is -0.517. The Morgan fingerprint density at radius 2 is 1.92 bits per heavy atom. The van der Waals surface area contributed by atoms with Crippen molar-refractivity contribution >= 4 is 0 Å². The first-order valence-corrected chi connectivity index (χ1v) is 4.07. The molecule has 0 spiro atoms. The summed E-state index contributed by atoms with van der Waals surface area (Å²) in [4.78, 5) is 0. The molecule has 3 nitrogen and oxygen atoms in total. The third-order valence-corrected chi connectivity index (χ3v) is 1.94. The van der Waals surface area contributed by atoms with E-state index in [0.29, 0.717) is 6.42 Å². The molecule has 0 saturated carbocycles. The van der Waals surface area contributed by atoms with Crippen LogP contribution in [0.3, 0.4) is 0 Å². The Bertz CT molecular complexity index is 334. The van der Waals surface area contributed by atoms with E-state index in [-0.39, 0.29) is 0 Å². The third-order valence-electron chi connectivity index (χ3n) is 1.94. The molecule has 0 aliphatic heterocycles. The van der Waals surface area contributed by atoms with E-state index in [1.807, 2.05) is 6.07 Å². The highest BCUT2D eigenvalue weighted by atomic mass is 16.3. The summed E-state index contributed by atoms with van der Waals surface area (Å²) in [5.74, 6) is 0. The number of hydrogen-bond donors (Lipinski definition) is 1. The Kier molecular flexibility index (Phi) is 2.19. The van der Waals surface area contributed by atoms with Crippen molar-refractivity contribution in [3.05, 3.63) is 48.3 Å². The summed E-state index contributed by atoms with van der Waals surface area (Å²) in [6.45, 7) is 0. The molecule has 2 aromatic heterocycles. The number of hydrogen-bond acceptors (Lipinski definition) is 3. The van der Waals surface area contributed by atoms with Crippen molar-refractivity contribution in [3.63, 3.8) is 0 Å². The van der Waals surface area contributed by atoms with E-state index in [1.54, 1.807) is 31.1 Å². The third kappa shape index (κ3) is 1.81. The average molecular weight is 178 g/mol. The highest BCUT2D eigenvalue weighted by Gasteiger charge is 2.09. The zero-order chi connectivity index (χ0) is 9.10. The van der Waals surface area contributed by atoms with Crippen LogP contribution in [-0.4, -0.2) is 5.11 Å². The maximum Gasteiger partial charge on any atom is 0.0960 e. The van der Waals surface area contributed by atoms with Crippen LogP contribution in [0.2, 0.25) is 0 Å². The smallest absolute Gasteiger partial charge is 0.0960 e. The van der Waals surface area contributed by atoms with E-state index in [1.165, 1.54) is 0 Å². The Balaban J connectivity index is 2.04. The van der Waals surface area contributed by atoms with Gasteiger partial charge in [0.2, 0.25) is 0 Å². The molecule has 2 aromatic rings. The van der Waals surface area contributed by atoms with Gasteiger partial charge in [-0.3, -0.25) is 0 Å². The normalized spacial score (nSPS) is 13.0.